The lowest BCUT2D eigenvalue weighted by molar-refractivity contribution is -0.117. The number of amides is 1. The quantitative estimate of drug-likeness (QED) is 0.788. The van der Waals surface area contributed by atoms with E-state index >= 15 is 0 Å². The lowest BCUT2D eigenvalue weighted by atomic mass is 9.94. The molecule has 1 aromatic rings. The van der Waals surface area contributed by atoms with E-state index in [9.17, 15) is 4.79 Å². The van der Waals surface area contributed by atoms with Crippen LogP contribution in [0.4, 0.5) is 5.69 Å². The molecule has 0 heterocycles. The van der Waals surface area contributed by atoms with Crippen molar-refractivity contribution in [2.24, 2.45) is 0 Å². The standard InChI is InChI=1S/C15H19Cl3N2O/c1-20(10-5-3-2-4-6-10)9-15(21)19-14-8-12(17)11(16)7-13(14)18/h7-8,10H,2-6,9H2,1H3,(H,19,21). The third-order valence-corrected chi connectivity index (χ3v) is 4.91. The van der Waals surface area contributed by atoms with Crippen LogP contribution >= 0.6 is 34.8 Å². The molecule has 1 aliphatic carbocycles. The van der Waals surface area contributed by atoms with Crippen molar-refractivity contribution in [1.29, 1.82) is 0 Å². The highest BCUT2D eigenvalue weighted by atomic mass is 35.5. The fourth-order valence-electron chi connectivity index (χ4n) is 2.69. The Morgan fingerprint density at radius 3 is 2.43 bits per heavy atom. The number of hydrogen-bond donors (Lipinski definition) is 1. The zero-order valence-electron chi connectivity index (χ0n) is 12.0. The van der Waals surface area contributed by atoms with E-state index in [0.29, 0.717) is 33.3 Å². The Labute approximate surface area is 140 Å². The molecular weight excluding hydrogens is 331 g/mol. The Balaban J connectivity index is 1.93. The molecule has 0 aliphatic heterocycles. The smallest absolute Gasteiger partial charge is 0.238 e. The van der Waals surface area contributed by atoms with E-state index in [2.05, 4.69) is 10.2 Å². The Morgan fingerprint density at radius 1 is 1.14 bits per heavy atom. The van der Waals surface area contributed by atoms with E-state index in [1.165, 1.54) is 25.3 Å². The van der Waals surface area contributed by atoms with E-state index in [-0.39, 0.29) is 5.91 Å². The third-order valence-electron chi connectivity index (χ3n) is 3.88. The fourth-order valence-corrected chi connectivity index (χ4v) is 3.28. The Hall–Kier alpha value is -0.480. The van der Waals surface area contributed by atoms with Gasteiger partial charge in [0.15, 0.2) is 0 Å². The van der Waals surface area contributed by atoms with Crippen molar-refractivity contribution in [3.05, 3.63) is 27.2 Å². The van der Waals surface area contributed by atoms with Gasteiger partial charge in [-0.2, -0.15) is 0 Å². The van der Waals surface area contributed by atoms with Gasteiger partial charge in [-0.05, 0) is 32.0 Å². The number of carbonyl (C=O) groups is 1. The van der Waals surface area contributed by atoms with Gasteiger partial charge in [0, 0.05) is 6.04 Å². The van der Waals surface area contributed by atoms with Gasteiger partial charge in [-0.3, -0.25) is 9.69 Å². The average molecular weight is 350 g/mol. The van der Waals surface area contributed by atoms with Crippen LogP contribution in [0.5, 0.6) is 0 Å². The summed E-state index contributed by atoms with van der Waals surface area (Å²) in [6.07, 6.45) is 6.12. The van der Waals surface area contributed by atoms with Crippen molar-refractivity contribution >= 4 is 46.4 Å². The maximum Gasteiger partial charge on any atom is 0.238 e. The molecule has 116 valence electrons. The molecule has 21 heavy (non-hydrogen) atoms. The van der Waals surface area contributed by atoms with E-state index in [0.717, 1.165) is 12.8 Å². The number of halogens is 3. The van der Waals surface area contributed by atoms with Gasteiger partial charge in [-0.25, -0.2) is 0 Å². The molecule has 1 N–H and O–H groups in total. The number of likely N-dealkylation sites (N-methyl/N-ethyl adjacent to an activating group) is 1. The number of benzene rings is 1. The normalized spacial score (nSPS) is 16.2. The molecule has 1 saturated carbocycles. The van der Waals surface area contributed by atoms with E-state index in [1.807, 2.05) is 7.05 Å². The zero-order chi connectivity index (χ0) is 15.4. The molecule has 0 spiro atoms. The first-order chi connectivity index (χ1) is 9.97. The summed E-state index contributed by atoms with van der Waals surface area (Å²) in [4.78, 5) is 14.2. The lowest BCUT2D eigenvalue weighted by Gasteiger charge is -2.30. The summed E-state index contributed by atoms with van der Waals surface area (Å²) in [5, 5.41) is 3.93. The minimum absolute atomic E-state index is 0.0941. The summed E-state index contributed by atoms with van der Waals surface area (Å²) >= 11 is 17.9. The van der Waals surface area contributed by atoms with Crippen LogP contribution in [0.25, 0.3) is 0 Å². The number of anilines is 1. The summed E-state index contributed by atoms with van der Waals surface area (Å²) in [6, 6.07) is 3.60. The summed E-state index contributed by atoms with van der Waals surface area (Å²) in [5.41, 5.74) is 0.494. The number of carbonyl (C=O) groups excluding carboxylic acids is 1. The second kappa shape index (κ2) is 7.68. The van der Waals surface area contributed by atoms with E-state index in [4.69, 9.17) is 34.8 Å². The van der Waals surface area contributed by atoms with Crippen LogP contribution in [0.3, 0.4) is 0 Å². The van der Waals surface area contributed by atoms with Crippen LogP contribution in [0.2, 0.25) is 15.1 Å². The van der Waals surface area contributed by atoms with Crippen LogP contribution in [0, 0.1) is 0 Å². The van der Waals surface area contributed by atoms with Gasteiger partial charge in [0.05, 0.1) is 27.3 Å². The average Bonchev–Trinajstić information content (AvgIpc) is 2.45. The maximum atomic E-state index is 12.1. The van der Waals surface area contributed by atoms with Crippen LogP contribution < -0.4 is 5.32 Å². The molecule has 0 aromatic heterocycles. The monoisotopic (exact) mass is 348 g/mol. The summed E-state index contributed by atoms with van der Waals surface area (Å²) in [7, 11) is 1.99. The highest BCUT2D eigenvalue weighted by Gasteiger charge is 2.20. The third kappa shape index (κ3) is 4.75. The number of nitrogens with zero attached hydrogens (tertiary/aromatic N) is 1. The summed E-state index contributed by atoms with van der Waals surface area (Å²) in [6.45, 7) is 0.348. The van der Waals surface area contributed by atoms with Gasteiger partial charge in [0.25, 0.3) is 0 Å². The maximum absolute atomic E-state index is 12.1. The number of nitrogens with one attached hydrogen (secondary N) is 1. The van der Waals surface area contributed by atoms with Crippen LogP contribution in [-0.2, 0) is 4.79 Å². The minimum Gasteiger partial charge on any atom is -0.324 e. The first-order valence-electron chi connectivity index (χ1n) is 7.12. The van der Waals surface area contributed by atoms with Crippen molar-refractivity contribution in [1.82, 2.24) is 4.90 Å². The molecule has 2 rings (SSSR count). The molecule has 0 unspecified atom stereocenters. The molecule has 1 aromatic carbocycles. The number of hydrogen-bond acceptors (Lipinski definition) is 2. The highest BCUT2D eigenvalue weighted by molar-refractivity contribution is 6.44. The SMILES string of the molecule is CN(CC(=O)Nc1cc(Cl)c(Cl)cc1Cl)C1CCCCC1. The van der Waals surface area contributed by atoms with Gasteiger partial charge < -0.3 is 5.32 Å². The Bertz CT molecular complexity index is 516. The first-order valence-corrected chi connectivity index (χ1v) is 8.25. The summed E-state index contributed by atoms with van der Waals surface area (Å²) < 4.78 is 0. The molecule has 0 radical (unpaired) electrons. The first kappa shape index (κ1) is 16.9. The fraction of sp³-hybridized carbons (Fsp3) is 0.533. The zero-order valence-corrected chi connectivity index (χ0v) is 14.2. The van der Waals surface area contributed by atoms with E-state index < -0.39 is 0 Å². The molecule has 0 saturated heterocycles. The predicted molar refractivity (Wildman–Crippen MR) is 89.6 cm³/mol. The van der Waals surface area contributed by atoms with Gasteiger partial charge in [0.2, 0.25) is 5.91 Å². The van der Waals surface area contributed by atoms with Gasteiger partial charge in [-0.1, -0.05) is 54.1 Å². The largest absolute Gasteiger partial charge is 0.324 e. The van der Waals surface area contributed by atoms with Crippen molar-refractivity contribution < 1.29 is 4.79 Å². The van der Waals surface area contributed by atoms with Crippen LogP contribution in [-0.4, -0.2) is 30.4 Å². The van der Waals surface area contributed by atoms with Crippen LogP contribution in [0.1, 0.15) is 32.1 Å². The lowest BCUT2D eigenvalue weighted by Crippen LogP contribution is -2.39. The minimum atomic E-state index is -0.0941. The van der Waals surface area contributed by atoms with Gasteiger partial charge in [-0.15, -0.1) is 0 Å². The van der Waals surface area contributed by atoms with Crippen molar-refractivity contribution in [3.63, 3.8) is 0 Å². The highest BCUT2D eigenvalue weighted by Crippen LogP contribution is 2.32. The summed E-state index contributed by atoms with van der Waals surface area (Å²) in [5.74, 6) is -0.0941. The second-order valence-corrected chi connectivity index (χ2v) is 6.72. The molecule has 1 amide bonds. The molecule has 1 fully saturated rings. The van der Waals surface area contributed by atoms with Crippen LogP contribution in [0.15, 0.2) is 12.1 Å². The molecular formula is C15H19Cl3N2O. The molecule has 0 bridgehead atoms. The Morgan fingerprint density at radius 2 is 1.76 bits per heavy atom. The molecule has 1 aliphatic rings. The Kier molecular flexibility index (Phi) is 6.18. The van der Waals surface area contributed by atoms with Crippen molar-refractivity contribution in [2.75, 3.05) is 18.9 Å². The topological polar surface area (TPSA) is 32.3 Å². The van der Waals surface area contributed by atoms with Gasteiger partial charge in [0.1, 0.15) is 0 Å². The molecule has 3 nitrogen and oxygen atoms in total. The van der Waals surface area contributed by atoms with Gasteiger partial charge >= 0.3 is 0 Å². The van der Waals surface area contributed by atoms with E-state index in [1.54, 1.807) is 6.07 Å². The number of rotatable bonds is 4. The molecule has 6 heteroatoms. The second-order valence-electron chi connectivity index (χ2n) is 5.50. The predicted octanol–water partition coefficient (Wildman–Crippen LogP) is 4.85. The van der Waals surface area contributed by atoms with Crippen molar-refractivity contribution in [3.8, 4) is 0 Å². The van der Waals surface area contributed by atoms with Crippen molar-refractivity contribution in [2.45, 2.75) is 38.1 Å². The molecule has 0 atom stereocenters.